The zero-order chi connectivity index (χ0) is 16.5. The van der Waals surface area contributed by atoms with Gasteiger partial charge in [-0.25, -0.2) is 9.97 Å². The summed E-state index contributed by atoms with van der Waals surface area (Å²) in [5, 5.41) is 6.45. The van der Waals surface area contributed by atoms with Gasteiger partial charge in [0.15, 0.2) is 0 Å². The molecule has 1 aromatic rings. The summed E-state index contributed by atoms with van der Waals surface area (Å²) >= 11 is 0. The maximum atomic E-state index is 12.2. The highest BCUT2D eigenvalue weighted by molar-refractivity contribution is 5.92. The van der Waals surface area contributed by atoms with Gasteiger partial charge in [0.25, 0.3) is 5.91 Å². The van der Waals surface area contributed by atoms with E-state index >= 15 is 0 Å². The molecular weight excluding hydrogens is 288 g/mol. The summed E-state index contributed by atoms with van der Waals surface area (Å²) in [6.07, 6.45) is 10.9. The summed E-state index contributed by atoms with van der Waals surface area (Å²) in [5.41, 5.74) is 0.463. The number of nitrogens with zero attached hydrogens (tertiary/aromatic N) is 2. The molecule has 0 aliphatic heterocycles. The summed E-state index contributed by atoms with van der Waals surface area (Å²) in [5.74, 6) is 1.32. The lowest BCUT2D eigenvalue weighted by molar-refractivity contribution is 0.0947. The Balaban J connectivity index is 1.95. The van der Waals surface area contributed by atoms with Crippen molar-refractivity contribution in [3.8, 4) is 0 Å². The molecule has 1 heterocycles. The molecular formula is C18H30N4O. The molecule has 23 heavy (non-hydrogen) atoms. The van der Waals surface area contributed by atoms with E-state index in [1.165, 1.54) is 38.5 Å². The second-order valence-corrected chi connectivity index (χ2v) is 6.48. The van der Waals surface area contributed by atoms with Gasteiger partial charge in [-0.15, -0.1) is 0 Å². The molecule has 1 aromatic heterocycles. The fourth-order valence-electron chi connectivity index (χ4n) is 3.06. The third kappa shape index (κ3) is 6.16. The first-order valence-electron chi connectivity index (χ1n) is 9.09. The number of hydrogen-bond donors (Lipinski definition) is 2. The first-order chi connectivity index (χ1) is 11.2. The lowest BCUT2D eigenvalue weighted by Crippen LogP contribution is -2.26. The summed E-state index contributed by atoms with van der Waals surface area (Å²) < 4.78 is 0. The molecule has 0 bridgehead atoms. The maximum Gasteiger partial charge on any atom is 0.270 e. The molecule has 0 unspecified atom stereocenters. The van der Waals surface area contributed by atoms with Gasteiger partial charge in [0.05, 0.1) is 0 Å². The van der Waals surface area contributed by atoms with Crippen LogP contribution in [0.2, 0.25) is 0 Å². The van der Waals surface area contributed by atoms with Crippen molar-refractivity contribution in [2.45, 2.75) is 77.7 Å². The van der Waals surface area contributed by atoms with Crippen molar-refractivity contribution in [1.82, 2.24) is 15.3 Å². The predicted octanol–water partition coefficient (Wildman–Crippen LogP) is 3.84. The van der Waals surface area contributed by atoms with Crippen LogP contribution >= 0.6 is 0 Å². The van der Waals surface area contributed by atoms with E-state index in [4.69, 9.17) is 0 Å². The second kappa shape index (κ2) is 9.48. The lowest BCUT2D eigenvalue weighted by Gasteiger charge is -2.17. The topological polar surface area (TPSA) is 66.9 Å². The predicted molar refractivity (Wildman–Crippen MR) is 93.7 cm³/mol. The van der Waals surface area contributed by atoms with E-state index in [-0.39, 0.29) is 5.91 Å². The largest absolute Gasteiger partial charge is 0.367 e. The summed E-state index contributed by atoms with van der Waals surface area (Å²) in [6.45, 7) is 4.70. The van der Waals surface area contributed by atoms with Gasteiger partial charge in [0.1, 0.15) is 17.3 Å². The fraction of sp³-hybridized carbons (Fsp3) is 0.722. The Bertz CT molecular complexity index is 496. The van der Waals surface area contributed by atoms with E-state index in [1.807, 2.05) is 6.92 Å². The van der Waals surface area contributed by atoms with Crippen LogP contribution in [0.4, 0.5) is 5.82 Å². The van der Waals surface area contributed by atoms with Crippen molar-refractivity contribution < 1.29 is 4.79 Å². The van der Waals surface area contributed by atoms with E-state index in [9.17, 15) is 4.79 Å². The number of nitrogens with one attached hydrogen (secondary N) is 2. The Hall–Kier alpha value is -1.65. The molecule has 2 N–H and O–H groups in total. The van der Waals surface area contributed by atoms with Crippen LogP contribution < -0.4 is 10.6 Å². The van der Waals surface area contributed by atoms with Crippen LogP contribution in [0.25, 0.3) is 0 Å². The Kier molecular flexibility index (Phi) is 7.30. The van der Waals surface area contributed by atoms with Crippen LogP contribution in [0.1, 0.15) is 81.0 Å². The zero-order valence-electron chi connectivity index (χ0n) is 14.5. The first-order valence-corrected chi connectivity index (χ1v) is 9.09. The van der Waals surface area contributed by atoms with Crippen LogP contribution in [-0.2, 0) is 0 Å². The first kappa shape index (κ1) is 17.7. The van der Waals surface area contributed by atoms with Gasteiger partial charge in [-0.1, -0.05) is 45.4 Å². The molecule has 128 valence electrons. The van der Waals surface area contributed by atoms with Crippen molar-refractivity contribution in [1.29, 1.82) is 0 Å². The van der Waals surface area contributed by atoms with Gasteiger partial charge >= 0.3 is 0 Å². The molecule has 0 radical (unpaired) electrons. The number of aryl methyl sites for hydroxylation is 1. The number of rotatable bonds is 7. The molecule has 0 atom stereocenters. The molecule has 1 aliphatic rings. The van der Waals surface area contributed by atoms with Gasteiger partial charge in [0.2, 0.25) is 0 Å². The van der Waals surface area contributed by atoms with Crippen LogP contribution in [0.3, 0.4) is 0 Å². The molecule has 1 saturated carbocycles. The van der Waals surface area contributed by atoms with Crippen LogP contribution in [0, 0.1) is 6.92 Å². The summed E-state index contributed by atoms with van der Waals surface area (Å²) in [6, 6.07) is 2.25. The number of anilines is 1. The highest BCUT2D eigenvalue weighted by Gasteiger charge is 2.15. The van der Waals surface area contributed by atoms with Crippen LogP contribution in [-0.4, -0.2) is 28.5 Å². The molecule has 5 nitrogen and oxygen atoms in total. The molecule has 1 fully saturated rings. The van der Waals surface area contributed by atoms with Gasteiger partial charge in [0, 0.05) is 18.7 Å². The van der Waals surface area contributed by atoms with Gasteiger partial charge in [-0.05, 0) is 26.2 Å². The molecule has 2 rings (SSSR count). The molecule has 1 amide bonds. The molecule has 0 aromatic carbocycles. The average molecular weight is 318 g/mol. The van der Waals surface area contributed by atoms with Crippen LogP contribution in [0.15, 0.2) is 6.07 Å². The van der Waals surface area contributed by atoms with Crippen LogP contribution in [0.5, 0.6) is 0 Å². The van der Waals surface area contributed by atoms with Crippen molar-refractivity contribution in [3.05, 3.63) is 17.6 Å². The quantitative estimate of drug-likeness (QED) is 0.592. The van der Waals surface area contributed by atoms with Gasteiger partial charge in [-0.2, -0.15) is 0 Å². The Morgan fingerprint density at radius 2 is 1.91 bits per heavy atom. The fourth-order valence-corrected chi connectivity index (χ4v) is 3.06. The third-order valence-corrected chi connectivity index (χ3v) is 4.34. The summed E-state index contributed by atoms with van der Waals surface area (Å²) in [7, 11) is 0. The van der Waals surface area contributed by atoms with E-state index in [0.717, 1.165) is 25.1 Å². The van der Waals surface area contributed by atoms with Gasteiger partial charge < -0.3 is 10.6 Å². The zero-order valence-corrected chi connectivity index (χ0v) is 14.5. The number of amides is 1. The number of unbranched alkanes of at least 4 members (excludes halogenated alkanes) is 2. The Labute approximate surface area is 139 Å². The number of carbonyl (C=O) groups excluding carboxylic acids is 1. The molecule has 0 spiro atoms. The number of carbonyl (C=O) groups is 1. The minimum Gasteiger partial charge on any atom is -0.367 e. The van der Waals surface area contributed by atoms with E-state index < -0.39 is 0 Å². The Morgan fingerprint density at radius 3 is 2.61 bits per heavy atom. The average Bonchev–Trinajstić information content (AvgIpc) is 2.79. The van der Waals surface area contributed by atoms with E-state index in [2.05, 4.69) is 27.5 Å². The standard InChI is InChI=1S/C18H30N4O/c1-3-4-9-12-19-18(23)16-13-17(21-14(2)20-16)22-15-10-7-5-6-8-11-15/h13,15H,3-12H2,1-2H3,(H,19,23)(H,20,21,22). The van der Waals surface area contributed by atoms with Crippen molar-refractivity contribution in [3.63, 3.8) is 0 Å². The molecule has 0 saturated heterocycles. The van der Waals surface area contributed by atoms with Crippen molar-refractivity contribution >= 4 is 11.7 Å². The van der Waals surface area contributed by atoms with Gasteiger partial charge in [-0.3, -0.25) is 4.79 Å². The third-order valence-electron chi connectivity index (χ3n) is 4.34. The number of hydrogen-bond acceptors (Lipinski definition) is 4. The summed E-state index contributed by atoms with van der Waals surface area (Å²) in [4.78, 5) is 21.0. The monoisotopic (exact) mass is 318 g/mol. The molecule has 5 heteroatoms. The maximum absolute atomic E-state index is 12.2. The second-order valence-electron chi connectivity index (χ2n) is 6.48. The van der Waals surface area contributed by atoms with Crippen molar-refractivity contribution in [2.75, 3.05) is 11.9 Å². The Morgan fingerprint density at radius 1 is 1.17 bits per heavy atom. The normalized spacial score (nSPS) is 15.9. The minimum absolute atomic E-state index is 0.101. The lowest BCUT2D eigenvalue weighted by atomic mass is 10.1. The smallest absolute Gasteiger partial charge is 0.270 e. The minimum atomic E-state index is -0.101. The van der Waals surface area contributed by atoms with Crippen molar-refractivity contribution in [2.24, 2.45) is 0 Å². The SMILES string of the molecule is CCCCCNC(=O)c1cc(NC2CCCCCC2)nc(C)n1. The highest BCUT2D eigenvalue weighted by Crippen LogP contribution is 2.20. The number of aromatic nitrogens is 2. The highest BCUT2D eigenvalue weighted by atomic mass is 16.1. The van der Waals surface area contributed by atoms with E-state index in [0.29, 0.717) is 24.1 Å². The molecule has 1 aliphatic carbocycles. The van der Waals surface area contributed by atoms with E-state index in [1.54, 1.807) is 6.07 Å².